The molecule has 50 heavy (non-hydrogen) atoms. The molecule has 0 aromatic rings. The van der Waals surface area contributed by atoms with Crippen LogP contribution in [0.15, 0.2) is 0 Å². The first-order valence-electron chi connectivity index (χ1n) is 18.9. The number of sulfone groups is 1. The van der Waals surface area contributed by atoms with E-state index in [9.17, 15) is 32.4 Å². The molecule has 3 aliphatic rings. The summed E-state index contributed by atoms with van der Waals surface area (Å²) in [6.07, 6.45) is 8.21. The monoisotopic (exact) mass is 723 g/mol. The minimum atomic E-state index is -3.56. The minimum Gasteiger partial charge on any atom is -0.347 e. The molecule has 3 rings (SSSR count). The highest BCUT2D eigenvalue weighted by molar-refractivity contribution is 7.92. The number of unbranched alkanes of at least 4 members (excludes halogenated alkanes) is 1. The summed E-state index contributed by atoms with van der Waals surface area (Å²) in [7, 11) is -3.56. The Labute approximate surface area is 300 Å². The molecule has 3 fully saturated rings. The van der Waals surface area contributed by atoms with Crippen LogP contribution in [-0.2, 0) is 29.0 Å². The second-order valence-electron chi connectivity index (χ2n) is 17.6. The van der Waals surface area contributed by atoms with E-state index >= 15 is 0 Å². The van der Waals surface area contributed by atoms with Crippen molar-refractivity contribution in [1.29, 1.82) is 0 Å². The molecule has 0 bridgehead atoms. The number of nitrogens with zero attached hydrogens (tertiary/aromatic N) is 1. The molecule has 5 amide bonds. The van der Waals surface area contributed by atoms with Gasteiger partial charge in [0.1, 0.15) is 12.1 Å². The van der Waals surface area contributed by atoms with E-state index in [0.29, 0.717) is 45.1 Å². The molecule has 4 N–H and O–H groups in total. The summed E-state index contributed by atoms with van der Waals surface area (Å²) in [6.45, 7) is 16.9. The summed E-state index contributed by atoms with van der Waals surface area (Å²) in [4.78, 5) is 69.9. The van der Waals surface area contributed by atoms with Gasteiger partial charge in [-0.05, 0) is 83.0 Å². The highest BCUT2D eigenvalue weighted by Crippen LogP contribution is 2.35. The number of carbonyl (C=O) groups excluding carboxylic acids is 5. The van der Waals surface area contributed by atoms with Crippen molar-refractivity contribution in [2.24, 2.45) is 17.3 Å². The number of nitrogens with one attached hydrogen (secondary N) is 4. The van der Waals surface area contributed by atoms with E-state index in [2.05, 4.69) is 35.1 Å². The van der Waals surface area contributed by atoms with E-state index in [-0.39, 0.29) is 23.6 Å². The molecule has 13 heteroatoms. The third-order valence-electron chi connectivity index (χ3n) is 10.4. The number of likely N-dealkylation sites (tertiary alicyclic amines) is 1. The van der Waals surface area contributed by atoms with Gasteiger partial charge >= 0.3 is 6.03 Å². The van der Waals surface area contributed by atoms with Crippen LogP contribution in [0.1, 0.15) is 139 Å². The topological polar surface area (TPSA) is 171 Å². The van der Waals surface area contributed by atoms with Crippen LogP contribution in [-0.4, -0.2) is 89.6 Å². The zero-order chi connectivity index (χ0) is 37.7. The molecular formula is C37H65N5O7S. The van der Waals surface area contributed by atoms with Crippen molar-refractivity contribution in [1.82, 2.24) is 26.2 Å². The highest BCUT2D eigenvalue weighted by Gasteiger charge is 2.48. The Morgan fingerprint density at radius 1 is 0.900 bits per heavy atom. The van der Waals surface area contributed by atoms with Crippen LogP contribution in [0.4, 0.5) is 4.79 Å². The second kappa shape index (κ2) is 16.8. The van der Waals surface area contributed by atoms with E-state index in [0.717, 1.165) is 38.5 Å². The largest absolute Gasteiger partial charge is 0.347 e. The fraction of sp³-hybridized carbons (Fsp3) is 0.865. The Balaban J connectivity index is 1.87. The van der Waals surface area contributed by atoms with Gasteiger partial charge < -0.3 is 26.2 Å². The number of hydrogen-bond donors (Lipinski definition) is 4. The fourth-order valence-electron chi connectivity index (χ4n) is 7.22. The van der Waals surface area contributed by atoms with Crippen molar-refractivity contribution in [2.75, 3.05) is 12.3 Å². The molecule has 0 unspecified atom stereocenters. The molecule has 4 atom stereocenters. The summed E-state index contributed by atoms with van der Waals surface area (Å²) in [5.74, 6) is -2.38. The Kier molecular flexibility index (Phi) is 14.0. The molecule has 0 aromatic carbocycles. The van der Waals surface area contributed by atoms with Crippen molar-refractivity contribution < 1.29 is 32.4 Å². The summed E-state index contributed by atoms with van der Waals surface area (Å²) in [5, 5.41) is 11.5. The van der Waals surface area contributed by atoms with Gasteiger partial charge in [0.2, 0.25) is 17.6 Å². The van der Waals surface area contributed by atoms with E-state index in [1.54, 1.807) is 20.8 Å². The van der Waals surface area contributed by atoms with Gasteiger partial charge in [0.25, 0.3) is 5.91 Å². The molecule has 0 aromatic heterocycles. The first kappa shape index (κ1) is 41.7. The van der Waals surface area contributed by atoms with Gasteiger partial charge in [-0.2, -0.15) is 0 Å². The maximum atomic E-state index is 14.5. The quantitative estimate of drug-likeness (QED) is 0.182. The molecule has 0 radical (unpaired) electrons. The average molecular weight is 724 g/mol. The molecule has 2 aliphatic carbocycles. The van der Waals surface area contributed by atoms with Crippen LogP contribution in [0.2, 0.25) is 0 Å². The number of hydrogen-bond acceptors (Lipinski definition) is 7. The number of ketones is 1. The van der Waals surface area contributed by atoms with Crippen LogP contribution in [0, 0.1) is 17.3 Å². The Morgan fingerprint density at radius 3 is 2.04 bits per heavy atom. The average Bonchev–Trinajstić information content (AvgIpc) is 3.71. The molecule has 1 aliphatic heterocycles. The predicted octanol–water partition coefficient (Wildman–Crippen LogP) is 4.40. The second-order valence-corrected chi connectivity index (χ2v) is 20.3. The lowest BCUT2D eigenvalue weighted by molar-refractivity contribution is -0.144. The maximum absolute atomic E-state index is 14.5. The van der Waals surface area contributed by atoms with Crippen molar-refractivity contribution >= 4 is 39.4 Å². The maximum Gasteiger partial charge on any atom is 0.315 e. The third-order valence-corrected chi connectivity index (χ3v) is 13.2. The van der Waals surface area contributed by atoms with Gasteiger partial charge in [0.05, 0.1) is 22.1 Å². The SMILES string of the molecule is CCCC[C@H](NC(=O)[C@@H]1[C@@H](CC(C)C)CCN1C(=O)[C@@H](NC(=O)NC1(CS(=O)(=O)C(C)(C)C)CCCCC1)C(C)(C)C)C(=O)C(=O)NC1CC1. The van der Waals surface area contributed by atoms with E-state index in [1.807, 2.05) is 27.7 Å². The third kappa shape index (κ3) is 11.1. The minimum absolute atomic E-state index is 0.00209. The number of urea groups is 1. The van der Waals surface area contributed by atoms with Crippen LogP contribution in [0.5, 0.6) is 0 Å². The molecular weight excluding hydrogens is 659 g/mol. The van der Waals surface area contributed by atoms with E-state index < -0.39 is 73.2 Å². The van der Waals surface area contributed by atoms with E-state index in [4.69, 9.17) is 0 Å². The van der Waals surface area contributed by atoms with Crippen LogP contribution in [0.3, 0.4) is 0 Å². The molecule has 1 heterocycles. The number of amides is 5. The van der Waals surface area contributed by atoms with Crippen molar-refractivity contribution in [3.8, 4) is 0 Å². The van der Waals surface area contributed by atoms with Crippen molar-refractivity contribution in [3.63, 3.8) is 0 Å². The normalized spacial score (nSPS) is 22.4. The summed E-state index contributed by atoms with van der Waals surface area (Å²) in [5.41, 5.74) is -1.71. The van der Waals surface area contributed by atoms with Gasteiger partial charge in [-0.15, -0.1) is 0 Å². The van der Waals surface area contributed by atoms with Gasteiger partial charge in [0.15, 0.2) is 9.84 Å². The molecule has 0 spiro atoms. The zero-order valence-corrected chi connectivity index (χ0v) is 32.9. The first-order chi connectivity index (χ1) is 23.1. The van der Waals surface area contributed by atoms with Gasteiger partial charge in [-0.25, -0.2) is 13.2 Å². The van der Waals surface area contributed by atoms with Crippen molar-refractivity contribution in [3.05, 3.63) is 0 Å². The summed E-state index contributed by atoms with van der Waals surface area (Å²) >= 11 is 0. The van der Waals surface area contributed by atoms with Gasteiger partial charge in [-0.1, -0.05) is 73.6 Å². The molecule has 286 valence electrons. The van der Waals surface area contributed by atoms with Crippen molar-refractivity contribution in [2.45, 2.75) is 174 Å². The van der Waals surface area contributed by atoms with Crippen LogP contribution >= 0.6 is 0 Å². The Hall–Kier alpha value is -2.70. The Bertz CT molecular complexity index is 1340. The highest BCUT2D eigenvalue weighted by atomic mass is 32.2. The zero-order valence-electron chi connectivity index (χ0n) is 32.1. The smallest absolute Gasteiger partial charge is 0.315 e. The van der Waals surface area contributed by atoms with Crippen LogP contribution < -0.4 is 21.3 Å². The van der Waals surface area contributed by atoms with Gasteiger partial charge in [-0.3, -0.25) is 19.2 Å². The summed E-state index contributed by atoms with van der Waals surface area (Å²) in [6, 6.07) is -3.53. The Morgan fingerprint density at radius 2 is 1.52 bits per heavy atom. The van der Waals surface area contributed by atoms with Crippen LogP contribution in [0.25, 0.3) is 0 Å². The first-order valence-corrected chi connectivity index (χ1v) is 20.5. The lowest BCUT2D eigenvalue weighted by atomic mass is 9.83. The number of Topliss-reactive ketones (excluding diaryl/α,β-unsaturated/α-hetero) is 1. The van der Waals surface area contributed by atoms with Gasteiger partial charge in [0, 0.05) is 12.6 Å². The lowest BCUT2D eigenvalue weighted by Crippen LogP contribution is -2.64. The standard InChI is InChI=1S/C37H65N5O7S/c1-10-11-15-27(29(43)32(45)38-26-16-17-26)39-31(44)28-25(22-24(2)3)18-21-42(28)33(46)30(35(4,5)6)40-34(47)41-37(19-13-12-14-20-37)23-50(48,49)36(7,8)9/h24-28,30H,10-23H2,1-9H3,(H,38,45)(H,39,44)(H2,40,41,47)/t25-,27+,28+,30-/m1/s1. The fourth-order valence-corrected chi connectivity index (χ4v) is 8.75. The number of carbonyl (C=O) groups is 5. The van der Waals surface area contributed by atoms with E-state index in [1.165, 1.54) is 4.90 Å². The predicted molar refractivity (Wildman–Crippen MR) is 195 cm³/mol. The lowest BCUT2D eigenvalue weighted by Gasteiger charge is -2.41. The number of rotatable bonds is 15. The summed E-state index contributed by atoms with van der Waals surface area (Å²) < 4.78 is 25.7. The molecule has 1 saturated heterocycles. The molecule has 2 saturated carbocycles. The molecule has 12 nitrogen and oxygen atoms in total.